The van der Waals surface area contributed by atoms with Gasteiger partial charge in [0.1, 0.15) is 53.7 Å². The second kappa shape index (κ2) is 13.0. The van der Waals surface area contributed by atoms with Gasteiger partial charge in [0.2, 0.25) is 0 Å². The topological polar surface area (TPSA) is 142 Å². The maximum Gasteiger partial charge on any atom is 0.346 e. The number of nitriles is 1. The molecule has 3 saturated heterocycles. The third kappa shape index (κ3) is 5.57. The molecule has 0 saturated carbocycles. The summed E-state index contributed by atoms with van der Waals surface area (Å²) in [6.07, 6.45) is 4.25. The zero-order chi connectivity index (χ0) is 36.5. The first-order valence-electron chi connectivity index (χ1n) is 17.0. The van der Waals surface area contributed by atoms with Crippen molar-refractivity contribution >= 4 is 60.8 Å². The van der Waals surface area contributed by atoms with Crippen LogP contribution in [0.3, 0.4) is 0 Å². The zero-order valence-corrected chi connectivity index (χ0v) is 29.9. The molecule has 270 valence electrons. The number of hydrogen-bond acceptors (Lipinski definition) is 11. The van der Waals surface area contributed by atoms with Crippen LogP contribution in [0.1, 0.15) is 45.1 Å². The molecule has 2 N–H and O–H groups in total. The molecule has 2 aromatic carbocycles. The Morgan fingerprint density at radius 2 is 2.10 bits per heavy atom. The molecule has 3 atom stereocenters. The van der Waals surface area contributed by atoms with E-state index >= 15 is 4.39 Å². The number of rotatable bonds is 7. The van der Waals surface area contributed by atoms with Crippen molar-refractivity contribution in [3.8, 4) is 23.2 Å². The fraction of sp³-hybridized carbons (Fsp3) is 0.429. The molecule has 6 heterocycles. The summed E-state index contributed by atoms with van der Waals surface area (Å²) in [6.45, 7) is 5.87. The minimum atomic E-state index is -0.971. The number of thiophene rings is 1. The van der Waals surface area contributed by atoms with Crippen LogP contribution in [0.4, 0.5) is 28.8 Å². The van der Waals surface area contributed by atoms with Crippen molar-refractivity contribution in [2.45, 2.75) is 63.3 Å². The summed E-state index contributed by atoms with van der Waals surface area (Å²) in [5, 5.41) is 14.5. The summed E-state index contributed by atoms with van der Waals surface area (Å²) in [6, 6.07) is 5.30. The van der Waals surface area contributed by atoms with E-state index in [1.807, 2.05) is 24.8 Å². The number of hydrogen-bond donors (Lipinski definition) is 1. The highest BCUT2D eigenvalue weighted by Gasteiger charge is 2.49. The summed E-state index contributed by atoms with van der Waals surface area (Å²) in [4.78, 5) is 32.5. The Balaban J connectivity index is 1.24. The maximum atomic E-state index is 17.1. The molecule has 3 aromatic heterocycles. The van der Waals surface area contributed by atoms with E-state index in [2.05, 4.69) is 20.0 Å². The van der Waals surface area contributed by atoms with Crippen LogP contribution in [0, 0.1) is 23.0 Å². The van der Waals surface area contributed by atoms with Crippen LogP contribution in [-0.2, 0) is 0 Å². The van der Waals surface area contributed by atoms with E-state index in [9.17, 15) is 18.8 Å². The standard InChI is InChI=1S/C35H34ClF3N10O2S/c1-18(2)49(34(50)48-17-42-16-43-48)20-6-9-46(14-20)32-22-10-24(36)27(21-4-5-25(38)30-26(21)23(12-40)31(41)52-30)28(39)29(22)44-33(45-32)51-15-35-7-3-8-47(35)13-19(37)11-35/h4-5,10,16-20H,3,6-9,11,13-15,41H2,1-2H3/t19-,20-,35+/m1/s1. The number of aromatic nitrogens is 5. The Morgan fingerprint density at radius 1 is 1.27 bits per heavy atom. The van der Waals surface area contributed by atoms with Crippen LogP contribution in [0.15, 0.2) is 30.9 Å². The molecular weight excluding hydrogens is 717 g/mol. The van der Waals surface area contributed by atoms with E-state index in [1.165, 1.54) is 29.5 Å². The van der Waals surface area contributed by atoms with E-state index in [0.29, 0.717) is 43.7 Å². The second-order valence-electron chi connectivity index (χ2n) is 13.9. The summed E-state index contributed by atoms with van der Waals surface area (Å²) in [5.74, 6) is -1.06. The van der Waals surface area contributed by atoms with E-state index in [4.69, 9.17) is 27.1 Å². The lowest BCUT2D eigenvalue weighted by molar-refractivity contribution is 0.107. The molecule has 0 bridgehead atoms. The first kappa shape index (κ1) is 34.4. The van der Waals surface area contributed by atoms with Crippen LogP contribution in [-0.4, -0.2) is 97.1 Å². The molecule has 3 aliphatic rings. The Labute approximate surface area is 305 Å². The Hall–Kier alpha value is -4.72. The highest BCUT2D eigenvalue weighted by atomic mass is 35.5. The number of ether oxygens (including phenoxy) is 1. The number of nitrogen functional groups attached to an aromatic ring is 1. The summed E-state index contributed by atoms with van der Waals surface area (Å²) in [5.41, 5.74) is 5.61. The highest BCUT2D eigenvalue weighted by Crippen LogP contribution is 2.46. The normalized spacial score (nSPS) is 21.8. The number of alkyl halides is 1. The fourth-order valence-electron chi connectivity index (χ4n) is 8.25. The molecule has 12 nitrogen and oxygen atoms in total. The summed E-state index contributed by atoms with van der Waals surface area (Å²) >= 11 is 7.79. The fourth-order valence-corrected chi connectivity index (χ4v) is 9.50. The van der Waals surface area contributed by atoms with Gasteiger partial charge in [-0.3, -0.25) is 4.90 Å². The number of carbonyl (C=O) groups is 1. The number of amides is 1. The number of fused-ring (bicyclic) bond motifs is 3. The van der Waals surface area contributed by atoms with Gasteiger partial charge >= 0.3 is 12.0 Å². The lowest BCUT2D eigenvalue weighted by atomic mass is 9.95. The van der Waals surface area contributed by atoms with Crippen molar-refractivity contribution in [1.82, 2.24) is 34.5 Å². The van der Waals surface area contributed by atoms with Crippen molar-refractivity contribution in [3.05, 3.63) is 53.1 Å². The minimum Gasteiger partial charge on any atom is -0.461 e. The van der Waals surface area contributed by atoms with E-state index in [0.717, 1.165) is 30.7 Å². The Bertz CT molecular complexity index is 2260. The second-order valence-corrected chi connectivity index (χ2v) is 15.4. The lowest BCUT2D eigenvalue weighted by Gasteiger charge is -2.32. The van der Waals surface area contributed by atoms with Crippen molar-refractivity contribution in [2.75, 3.05) is 43.4 Å². The van der Waals surface area contributed by atoms with Gasteiger partial charge in [-0.25, -0.2) is 22.9 Å². The smallest absolute Gasteiger partial charge is 0.346 e. The average Bonchev–Trinajstić information content (AvgIpc) is 3.94. The highest BCUT2D eigenvalue weighted by molar-refractivity contribution is 7.23. The number of anilines is 2. The largest absolute Gasteiger partial charge is 0.461 e. The van der Waals surface area contributed by atoms with Gasteiger partial charge in [-0.05, 0) is 57.4 Å². The SMILES string of the molecule is CC(C)N(C(=O)n1cncn1)[C@@H]1CCN(c2nc(OC[C@@]34CCCN3C[C@H](F)C4)nc3c(F)c(-c4ccc(F)c5sc(N)c(C#N)c45)c(Cl)cc23)C1. The molecule has 1 amide bonds. The van der Waals surface area contributed by atoms with Crippen LogP contribution < -0.4 is 15.4 Å². The van der Waals surface area contributed by atoms with Crippen molar-refractivity contribution in [3.63, 3.8) is 0 Å². The number of carbonyl (C=O) groups excluding carboxylic acids is 1. The van der Waals surface area contributed by atoms with Gasteiger partial charge in [-0.1, -0.05) is 17.7 Å². The zero-order valence-electron chi connectivity index (χ0n) is 28.3. The monoisotopic (exact) mass is 750 g/mol. The molecule has 0 unspecified atom stereocenters. The lowest BCUT2D eigenvalue weighted by Crippen LogP contribution is -2.48. The molecule has 3 fully saturated rings. The molecule has 0 radical (unpaired) electrons. The van der Waals surface area contributed by atoms with Gasteiger partial charge in [-0.15, -0.1) is 11.3 Å². The third-order valence-corrected chi connectivity index (χ3v) is 11.8. The number of halogens is 4. The molecule has 8 rings (SSSR count). The molecule has 0 aliphatic carbocycles. The van der Waals surface area contributed by atoms with E-state index in [-0.39, 0.29) is 73.0 Å². The molecule has 5 aromatic rings. The molecule has 0 spiro atoms. The predicted octanol–water partition coefficient (Wildman–Crippen LogP) is 6.40. The molecule has 17 heteroatoms. The number of benzene rings is 2. The van der Waals surface area contributed by atoms with Crippen LogP contribution in [0.5, 0.6) is 6.01 Å². The molecule has 3 aliphatic heterocycles. The van der Waals surface area contributed by atoms with Crippen molar-refractivity contribution in [1.29, 1.82) is 5.26 Å². The quantitative estimate of drug-likeness (QED) is 0.199. The van der Waals surface area contributed by atoms with Gasteiger partial charge in [0.05, 0.1) is 26.9 Å². The first-order chi connectivity index (χ1) is 25.0. The van der Waals surface area contributed by atoms with Gasteiger partial charge < -0.3 is 20.3 Å². The van der Waals surface area contributed by atoms with E-state index in [1.54, 1.807) is 11.0 Å². The van der Waals surface area contributed by atoms with Crippen molar-refractivity contribution in [2.24, 2.45) is 0 Å². The maximum absolute atomic E-state index is 17.1. The van der Waals surface area contributed by atoms with Crippen molar-refractivity contribution < 1.29 is 22.7 Å². The summed E-state index contributed by atoms with van der Waals surface area (Å²) < 4.78 is 54.2. The number of nitrogens with zero attached hydrogens (tertiary/aromatic N) is 9. The van der Waals surface area contributed by atoms with E-state index < -0.39 is 23.3 Å². The van der Waals surface area contributed by atoms with Crippen LogP contribution >= 0.6 is 22.9 Å². The summed E-state index contributed by atoms with van der Waals surface area (Å²) in [7, 11) is 0. The van der Waals surface area contributed by atoms with Gasteiger partial charge in [0.15, 0.2) is 5.82 Å². The average molecular weight is 751 g/mol. The molecule has 52 heavy (non-hydrogen) atoms. The Kier molecular flexibility index (Phi) is 8.62. The molecular formula is C35H34ClF3N10O2S. The number of nitrogens with two attached hydrogens (primary N) is 1. The Morgan fingerprint density at radius 3 is 2.85 bits per heavy atom. The van der Waals surface area contributed by atoms with Gasteiger partial charge in [-0.2, -0.15) is 25.0 Å². The third-order valence-electron chi connectivity index (χ3n) is 10.5. The first-order valence-corrected chi connectivity index (χ1v) is 18.2. The van der Waals surface area contributed by atoms with Crippen LogP contribution in [0.2, 0.25) is 5.02 Å². The predicted molar refractivity (Wildman–Crippen MR) is 191 cm³/mol. The van der Waals surface area contributed by atoms with Gasteiger partial charge in [0, 0.05) is 48.4 Å². The van der Waals surface area contributed by atoms with Crippen LogP contribution in [0.25, 0.3) is 32.1 Å². The van der Waals surface area contributed by atoms with Gasteiger partial charge in [0.25, 0.3) is 0 Å². The minimum absolute atomic E-state index is 0.00793.